The molecule has 11 nitrogen and oxygen atoms in total. The van der Waals surface area contributed by atoms with Crippen molar-refractivity contribution in [2.75, 3.05) is 18.0 Å². The first-order valence-electron chi connectivity index (χ1n) is 14.6. The van der Waals surface area contributed by atoms with E-state index in [1.807, 2.05) is 48.2 Å². The van der Waals surface area contributed by atoms with E-state index in [0.29, 0.717) is 32.5 Å². The van der Waals surface area contributed by atoms with Gasteiger partial charge in [-0.15, -0.1) is 0 Å². The molecule has 0 spiro atoms. The normalized spacial score (nSPS) is 16.7. The van der Waals surface area contributed by atoms with Gasteiger partial charge in [-0.25, -0.2) is 14.4 Å². The number of ether oxygens (including phenoxy) is 1. The number of hydrogen-bond donors (Lipinski definition) is 3. The Kier molecular flexibility index (Phi) is 7.95. The van der Waals surface area contributed by atoms with E-state index in [-0.39, 0.29) is 24.5 Å². The number of urea groups is 2. The summed E-state index contributed by atoms with van der Waals surface area (Å²) in [4.78, 5) is 47.4. The smallest absolute Gasteiger partial charge is 0.329 e. The lowest BCUT2D eigenvalue weighted by Crippen LogP contribution is -2.56. The van der Waals surface area contributed by atoms with Crippen molar-refractivity contribution in [3.8, 4) is 0 Å². The van der Waals surface area contributed by atoms with Gasteiger partial charge in [-0.3, -0.25) is 15.0 Å². The molecular formula is C32H35N7O4. The van der Waals surface area contributed by atoms with Crippen molar-refractivity contribution >= 4 is 34.6 Å². The number of anilines is 1. The summed E-state index contributed by atoms with van der Waals surface area (Å²) in [5.74, 6) is -0.515. The lowest BCUT2D eigenvalue weighted by molar-refractivity contribution is -0.151. The number of piperidine rings is 1. The Bertz CT molecular complexity index is 1630. The number of nitrogens with one attached hydrogen (secondary N) is 3. The van der Waals surface area contributed by atoms with E-state index in [2.05, 4.69) is 25.8 Å². The third-order valence-corrected chi connectivity index (χ3v) is 8.31. The zero-order chi connectivity index (χ0) is 29.9. The van der Waals surface area contributed by atoms with Crippen molar-refractivity contribution < 1.29 is 19.1 Å². The minimum absolute atomic E-state index is 0.0304. The Morgan fingerprint density at radius 2 is 1.88 bits per heavy atom. The van der Waals surface area contributed by atoms with Gasteiger partial charge in [0.15, 0.2) is 0 Å². The molecule has 4 amide bonds. The number of aryl methyl sites for hydroxylation is 1. The van der Waals surface area contributed by atoms with E-state index >= 15 is 0 Å². The molecule has 0 bridgehead atoms. The zero-order valence-electron chi connectivity index (χ0n) is 24.2. The van der Waals surface area contributed by atoms with Crippen molar-refractivity contribution in [1.29, 1.82) is 0 Å². The molecule has 43 heavy (non-hydrogen) atoms. The summed E-state index contributed by atoms with van der Waals surface area (Å²) in [6.45, 7) is 5.20. The van der Waals surface area contributed by atoms with Gasteiger partial charge in [-0.2, -0.15) is 5.10 Å². The highest BCUT2D eigenvalue weighted by Gasteiger charge is 2.35. The topological polar surface area (TPSA) is 133 Å². The van der Waals surface area contributed by atoms with Gasteiger partial charge in [0.25, 0.3) is 0 Å². The third kappa shape index (κ3) is 6.01. The zero-order valence-corrected chi connectivity index (χ0v) is 24.2. The van der Waals surface area contributed by atoms with Crippen molar-refractivity contribution in [2.45, 2.75) is 57.8 Å². The molecule has 2 aromatic carbocycles. The van der Waals surface area contributed by atoms with Crippen molar-refractivity contribution in [3.63, 3.8) is 0 Å². The van der Waals surface area contributed by atoms with Crippen LogP contribution in [0.1, 0.15) is 48.1 Å². The lowest BCUT2D eigenvalue weighted by Gasteiger charge is -2.41. The summed E-state index contributed by atoms with van der Waals surface area (Å²) in [6.07, 6.45) is 6.04. The predicted octanol–water partition coefficient (Wildman–Crippen LogP) is 4.39. The molecule has 1 fully saturated rings. The molecule has 1 saturated heterocycles. The number of H-pyrrole nitrogens is 1. The number of esters is 1. The number of amides is 4. The number of rotatable bonds is 7. The Morgan fingerprint density at radius 3 is 2.67 bits per heavy atom. The van der Waals surface area contributed by atoms with Crippen LogP contribution in [0, 0.1) is 6.92 Å². The third-order valence-electron chi connectivity index (χ3n) is 8.31. The molecular weight excluding hydrogens is 546 g/mol. The summed E-state index contributed by atoms with van der Waals surface area (Å²) in [5, 5.41) is 14.0. The van der Waals surface area contributed by atoms with Gasteiger partial charge in [0.05, 0.1) is 17.4 Å². The van der Waals surface area contributed by atoms with Gasteiger partial charge in [0.2, 0.25) is 0 Å². The van der Waals surface area contributed by atoms with Crippen LogP contribution in [0.4, 0.5) is 15.3 Å². The number of fused-ring (bicyclic) bond motifs is 2. The highest BCUT2D eigenvalue weighted by molar-refractivity contribution is 5.95. The van der Waals surface area contributed by atoms with Crippen LogP contribution in [0.2, 0.25) is 0 Å². The fraction of sp³-hybridized carbons (Fsp3) is 0.344. The number of carbonyl (C=O) groups is 3. The fourth-order valence-corrected chi connectivity index (χ4v) is 6.01. The standard InChI is InChI=1S/C32H35N7O4/c1-20-15-22(16-25-19-35-37-29(20)25)17-27(30(40)43-21(2)23-7-11-33-12-8-23)36-32(42)38-13-9-26(10-14-38)39-28-6-4-3-5-24(28)18-34-31(39)41/h3-8,11-12,15-16,19,21,26-27H,9-10,13-14,17-18H2,1-2H3,(H,34,41)(H,35,37)(H,36,42). The van der Waals surface area contributed by atoms with Gasteiger partial charge >= 0.3 is 18.0 Å². The average Bonchev–Trinajstić information content (AvgIpc) is 3.50. The predicted molar refractivity (Wildman–Crippen MR) is 161 cm³/mol. The Balaban J connectivity index is 1.15. The number of nitrogens with zero attached hydrogens (tertiary/aromatic N) is 4. The van der Waals surface area contributed by atoms with Crippen LogP contribution in [0.3, 0.4) is 0 Å². The number of aromatic amines is 1. The van der Waals surface area contributed by atoms with Crippen LogP contribution in [-0.2, 0) is 22.5 Å². The monoisotopic (exact) mass is 581 g/mol. The summed E-state index contributed by atoms with van der Waals surface area (Å²) in [7, 11) is 0. The van der Waals surface area contributed by atoms with E-state index in [0.717, 1.165) is 38.8 Å². The van der Waals surface area contributed by atoms with Crippen molar-refractivity contribution in [3.05, 3.63) is 89.4 Å². The van der Waals surface area contributed by atoms with Crippen LogP contribution in [0.25, 0.3) is 10.9 Å². The number of carbonyl (C=O) groups excluding carboxylic acids is 3. The van der Waals surface area contributed by atoms with Crippen LogP contribution < -0.4 is 15.5 Å². The first kappa shape index (κ1) is 28.2. The second kappa shape index (κ2) is 12.1. The van der Waals surface area contributed by atoms with E-state index in [4.69, 9.17) is 4.74 Å². The summed E-state index contributed by atoms with van der Waals surface area (Å²) < 4.78 is 5.83. The van der Waals surface area contributed by atoms with E-state index in [1.165, 1.54) is 0 Å². The molecule has 2 unspecified atom stereocenters. The maximum absolute atomic E-state index is 13.5. The molecule has 4 heterocycles. The average molecular weight is 582 g/mol. The highest BCUT2D eigenvalue weighted by Crippen LogP contribution is 2.30. The molecule has 2 atom stereocenters. The molecule has 222 valence electrons. The Labute approximate surface area is 249 Å². The number of aromatic nitrogens is 3. The minimum atomic E-state index is -0.905. The number of para-hydroxylation sites is 1. The molecule has 0 radical (unpaired) electrons. The molecule has 2 aromatic heterocycles. The van der Waals surface area contributed by atoms with Gasteiger partial charge in [0.1, 0.15) is 12.1 Å². The van der Waals surface area contributed by atoms with Gasteiger partial charge in [-0.05, 0) is 73.2 Å². The number of benzene rings is 2. The minimum Gasteiger partial charge on any atom is -0.456 e. The summed E-state index contributed by atoms with van der Waals surface area (Å²) in [6, 6.07) is 14.1. The van der Waals surface area contributed by atoms with Gasteiger partial charge in [-0.1, -0.05) is 24.3 Å². The van der Waals surface area contributed by atoms with E-state index < -0.39 is 18.1 Å². The molecule has 4 aromatic rings. The molecule has 3 N–H and O–H groups in total. The maximum atomic E-state index is 13.5. The SMILES string of the molecule is Cc1cc(CC(NC(=O)N2CCC(N3C(=O)NCc4ccccc43)CC2)C(=O)OC(C)c2ccncc2)cc2cn[nH]c12. The van der Waals surface area contributed by atoms with Gasteiger partial charge in [0, 0.05) is 49.9 Å². The number of likely N-dealkylation sites (tertiary alicyclic amines) is 1. The largest absolute Gasteiger partial charge is 0.456 e. The highest BCUT2D eigenvalue weighted by atomic mass is 16.5. The second-order valence-electron chi connectivity index (χ2n) is 11.2. The molecule has 0 aliphatic carbocycles. The Morgan fingerprint density at radius 1 is 1.12 bits per heavy atom. The van der Waals surface area contributed by atoms with Crippen LogP contribution in [0.15, 0.2) is 67.1 Å². The van der Waals surface area contributed by atoms with E-state index in [1.54, 1.807) is 42.5 Å². The second-order valence-corrected chi connectivity index (χ2v) is 11.2. The van der Waals surface area contributed by atoms with Crippen molar-refractivity contribution in [1.82, 2.24) is 30.7 Å². The fourth-order valence-electron chi connectivity index (χ4n) is 6.01. The molecule has 0 saturated carbocycles. The first-order valence-corrected chi connectivity index (χ1v) is 14.6. The first-order chi connectivity index (χ1) is 20.9. The van der Waals surface area contributed by atoms with Gasteiger partial charge < -0.3 is 20.3 Å². The van der Waals surface area contributed by atoms with Crippen LogP contribution in [0.5, 0.6) is 0 Å². The molecule has 6 rings (SSSR count). The quantitative estimate of drug-likeness (QED) is 0.278. The molecule has 11 heteroatoms. The van der Waals surface area contributed by atoms with Crippen LogP contribution in [-0.4, -0.2) is 63.3 Å². The molecule has 2 aliphatic rings. The van der Waals surface area contributed by atoms with Crippen LogP contribution >= 0.6 is 0 Å². The number of hydrogen-bond acceptors (Lipinski definition) is 6. The molecule has 2 aliphatic heterocycles. The Hall–Kier alpha value is -4.93. The number of pyridine rings is 1. The van der Waals surface area contributed by atoms with E-state index in [9.17, 15) is 14.4 Å². The summed E-state index contributed by atoms with van der Waals surface area (Å²) >= 11 is 0. The summed E-state index contributed by atoms with van der Waals surface area (Å²) in [5.41, 5.74) is 5.64. The lowest BCUT2D eigenvalue weighted by atomic mass is 10.00. The maximum Gasteiger partial charge on any atom is 0.329 e. The van der Waals surface area contributed by atoms with Crippen molar-refractivity contribution in [2.24, 2.45) is 0 Å².